The Balaban J connectivity index is 1.88. The van der Waals surface area contributed by atoms with Gasteiger partial charge in [-0.2, -0.15) is 0 Å². The van der Waals surface area contributed by atoms with Crippen LogP contribution in [0.5, 0.6) is 0 Å². The standard InChI is InChI=1S/C21H25N3O3S2/c1-5-24-19-11-10-18(29(26,27)23(2)3)12-16(19)13-20(24)21(25)22-14-15-6-8-17(28-4)9-7-15/h6-13H,5,14H2,1-4H3,(H,22,25). The van der Waals surface area contributed by atoms with Gasteiger partial charge >= 0.3 is 0 Å². The molecule has 0 saturated carbocycles. The number of hydrogen-bond acceptors (Lipinski definition) is 4. The van der Waals surface area contributed by atoms with Gasteiger partial charge in [0, 0.05) is 43.0 Å². The first-order chi connectivity index (χ1) is 13.8. The summed E-state index contributed by atoms with van der Waals surface area (Å²) < 4.78 is 27.9. The van der Waals surface area contributed by atoms with E-state index in [1.807, 2.05) is 42.0 Å². The summed E-state index contributed by atoms with van der Waals surface area (Å²) in [7, 11) is -0.526. The fraction of sp³-hybridized carbons (Fsp3) is 0.286. The summed E-state index contributed by atoms with van der Waals surface area (Å²) in [6, 6.07) is 14.8. The lowest BCUT2D eigenvalue weighted by Gasteiger charge is -2.12. The van der Waals surface area contributed by atoms with Crippen LogP contribution in [0.3, 0.4) is 0 Å². The number of hydrogen-bond donors (Lipinski definition) is 1. The molecule has 0 atom stereocenters. The molecule has 0 radical (unpaired) electrons. The minimum absolute atomic E-state index is 0.186. The number of aryl methyl sites for hydroxylation is 1. The second-order valence-corrected chi connectivity index (χ2v) is 9.84. The second kappa shape index (κ2) is 8.61. The number of rotatable bonds is 7. The molecule has 6 nitrogen and oxygen atoms in total. The molecule has 0 aliphatic rings. The van der Waals surface area contributed by atoms with Crippen LogP contribution in [-0.4, -0.2) is 43.5 Å². The molecule has 1 heterocycles. The number of sulfonamides is 1. The number of amides is 1. The topological polar surface area (TPSA) is 71.4 Å². The van der Waals surface area contributed by atoms with Gasteiger partial charge in [0.25, 0.3) is 5.91 Å². The summed E-state index contributed by atoms with van der Waals surface area (Å²) in [6.07, 6.45) is 2.02. The minimum Gasteiger partial charge on any atom is -0.347 e. The Morgan fingerprint density at radius 1 is 1.10 bits per heavy atom. The third-order valence-corrected chi connectivity index (χ3v) is 7.37. The quantitative estimate of drug-likeness (QED) is 0.581. The lowest BCUT2D eigenvalue weighted by Crippen LogP contribution is -2.25. The highest BCUT2D eigenvalue weighted by atomic mass is 32.2. The summed E-state index contributed by atoms with van der Waals surface area (Å²) in [5.74, 6) is -0.186. The highest BCUT2D eigenvalue weighted by Gasteiger charge is 2.20. The Morgan fingerprint density at radius 3 is 2.38 bits per heavy atom. The maximum Gasteiger partial charge on any atom is 0.268 e. The number of nitrogens with one attached hydrogen (secondary N) is 1. The molecule has 0 fully saturated rings. The first kappa shape index (κ1) is 21.4. The van der Waals surface area contributed by atoms with Crippen LogP contribution in [0.15, 0.2) is 58.3 Å². The van der Waals surface area contributed by atoms with E-state index in [4.69, 9.17) is 0 Å². The van der Waals surface area contributed by atoms with Gasteiger partial charge in [-0.1, -0.05) is 12.1 Å². The zero-order chi connectivity index (χ0) is 21.2. The molecule has 0 bridgehead atoms. The monoisotopic (exact) mass is 431 g/mol. The van der Waals surface area contributed by atoms with Crippen LogP contribution in [0, 0.1) is 0 Å². The molecule has 3 aromatic rings. The Labute approximate surface area is 175 Å². The van der Waals surface area contributed by atoms with E-state index >= 15 is 0 Å². The molecule has 0 spiro atoms. The Kier molecular flexibility index (Phi) is 6.36. The summed E-state index contributed by atoms with van der Waals surface area (Å²) in [5.41, 5.74) is 2.37. The summed E-state index contributed by atoms with van der Waals surface area (Å²) in [6.45, 7) is 3.00. The van der Waals surface area contributed by atoms with Crippen molar-refractivity contribution in [2.75, 3.05) is 20.4 Å². The molecule has 3 rings (SSSR count). The van der Waals surface area contributed by atoms with E-state index in [0.717, 1.165) is 16.5 Å². The number of benzene rings is 2. The molecule has 1 amide bonds. The summed E-state index contributed by atoms with van der Waals surface area (Å²) >= 11 is 1.67. The number of aromatic nitrogens is 1. The van der Waals surface area contributed by atoms with Crippen molar-refractivity contribution < 1.29 is 13.2 Å². The molecule has 0 aliphatic carbocycles. The maximum atomic E-state index is 12.8. The normalized spacial score (nSPS) is 11.9. The average molecular weight is 432 g/mol. The van der Waals surface area contributed by atoms with E-state index in [-0.39, 0.29) is 10.8 Å². The average Bonchev–Trinajstić information content (AvgIpc) is 3.10. The molecule has 0 unspecified atom stereocenters. The van der Waals surface area contributed by atoms with Crippen molar-refractivity contribution >= 4 is 38.6 Å². The lowest BCUT2D eigenvalue weighted by molar-refractivity contribution is 0.0942. The Hall–Kier alpha value is -2.29. The zero-order valence-corrected chi connectivity index (χ0v) is 18.6. The fourth-order valence-electron chi connectivity index (χ4n) is 3.17. The van der Waals surface area contributed by atoms with E-state index in [0.29, 0.717) is 18.8 Å². The van der Waals surface area contributed by atoms with Crippen molar-refractivity contribution in [3.63, 3.8) is 0 Å². The van der Waals surface area contributed by atoms with Crippen molar-refractivity contribution in [3.05, 3.63) is 59.8 Å². The van der Waals surface area contributed by atoms with Crippen LogP contribution in [0.2, 0.25) is 0 Å². The maximum absolute atomic E-state index is 12.8. The number of carbonyl (C=O) groups is 1. The van der Waals surface area contributed by atoms with Gasteiger partial charge in [-0.25, -0.2) is 12.7 Å². The smallest absolute Gasteiger partial charge is 0.268 e. The molecule has 8 heteroatoms. The number of carbonyl (C=O) groups excluding carboxylic acids is 1. The van der Waals surface area contributed by atoms with E-state index < -0.39 is 10.0 Å². The fourth-order valence-corrected chi connectivity index (χ4v) is 4.51. The lowest BCUT2D eigenvalue weighted by atomic mass is 10.2. The van der Waals surface area contributed by atoms with E-state index in [2.05, 4.69) is 5.32 Å². The summed E-state index contributed by atoms with van der Waals surface area (Å²) in [4.78, 5) is 14.2. The first-order valence-corrected chi connectivity index (χ1v) is 11.9. The van der Waals surface area contributed by atoms with Gasteiger partial charge in [0.1, 0.15) is 5.69 Å². The van der Waals surface area contributed by atoms with Crippen LogP contribution < -0.4 is 5.32 Å². The number of fused-ring (bicyclic) bond motifs is 1. The van der Waals surface area contributed by atoms with Gasteiger partial charge in [0.2, 0.25) is 10.0 Å². The first-order valence-electron chi connectivity index (χ1n) is 9.25. The van der Waals surface area contributed by atoms with Crippen LogP contribution in [0.1, 0.15) is 23.0 Å². The van der Waals surface area contributed by atoms with Crippen molar-refractivity contribution in [1.82, 2.24) is 14.2 Å². The molecule has 0 saturated heterocycles. The molecule has 154 valence electrons. The Bertz CT molecular complexity index is 1130. The van der Waals surface area contributed by atoms with E-state index in [1.54, 1.807) is 36.0 Å². The summed E-state index contributed by atoms with van der Waals surface area (Å²) in [5, 5.41) is 3.68. The number of nitrogens with zero attached hydrogens (tertiary/aromatic N) is 2. The van der Waals surface area contributed by atoms with Crippen molar-refractivity contribution in [1.29, 1.82) is 0 Å². The molecule has 1 N–H and O–H groups in total. The molecule has 29 heavy (non-hydrogen) atoms. The van der Waals surface area contributed by atoms with Gasteiger partial charge in [-0.15, -0.1) is 11.8 Å². The third kappa shape index (κ3) is 4.34. The van der Waals surface area contributed by atoms with E-state index in [1.165, 1.54) is 23.3 Å². The van der Waals surface area contributed by atoms with Crippen LogP contribution in [-0.2, 0) is 23.1 Å². The van der Waals surface area contributed by atoms with Crippen molar-refractivity contribution in [2.24, 2.45) is 0 Å². The van der Waals surface area contributed by atoms with Crippen LogP contribution >= 0.6 is 11.8 Å². The molecule has 2 aromatic carbocycles. The van der Waals surface area contributed by atoms with Crippen LogP contribution in [0.4, 0.5) is 0 Å². The highest BCUT2D eigenvalue weighted by molar-refractivity contribution is 7.98. The molecule has 0 aliphatic heterocycles. The predicted molar refractivity (Wildman–Crippen MR) is 118 cm³/mol. The highest BCUT2D eigenvalue weighted by Crippen LogP contribution is 2.25. The predicted octanol–water partition coefficient (Wildman–Crippen LogP) is 3.56. The third-order valence-electron chi connectivity index (χ3n) is 4.81. The molecular formula is C21H25N3O3S2. The van der Waals surface area contributed by atoms with Gasteiger partial charge in [-0.3, -0.25) is 4.79 Å². The van der Waals surface area contributed by atoms with Gasteiger partial charge in [-0.05, 0) is 55.1 Å². The van der Waals surface area contributed by atoms with Crippen molar-refractivity contribution in [3.8, 4) is 0 Å². The van der Waals surface area contributed by atoms with Crippen LogP contribution in [0.25, 0.3) is 10.9 Å². The Morgan fingerprint density at radius 2 is 1.79 bits per heavy atom. The largest absolute Gasteiger partial charge is 0.347 e. The van der Waals surface area contributed by atoms with Gasteiger partial charge < -0.3 is 9.88 Å². The molecular weight excluding hydrogens is 406 g/mol. The van der Waals surface area contributed by atoms with Gasteiger partial charge in [0.05, 0.1) is 4.90 Å². The SMILES string of the molecule is CCn1c(C(=O)NCc2ccc(SC)cc2)cc2cc(S(=O)(=O)N(C)C)ccc21. The number of thioether (sulfide) groups is 1. The second-order valence-electron chi connectivity index (χ2n) is 6.81. The van der Waals surface area contributed by atoms with Crippen molar-refractivity contribution in [2.45, 2.75) is 29.8 Å². The van der Waals surface area contributed by atoms with E-state index in [9.17, 15) is 13.2 Å². The minimum atomic E-state index is -3.53. The zero-order valence-electron chi connectivity index (χ0n) is 17.0. The van der Waals surface area contributed by atoms with Gasteiger partial charge in [0.15, 0.2) is 0 Å². The molecule has 1 aromatic heterocycles.